The van der Waals surface area contributed by atoms with Gasteiger partial charge < -0.3 is 9.32 Å². The lowest BCUT2D eigenvalue weighted by Crippen LogP contribution is -2.29. The molecule has 3 aromatic carbocycles. The zero-order valence-corrected chi connectivity index (χ0v) is 17.8. The Morgan fingerprint density at radius 1 is 0.967 bits per heavy atom. The molecule has 0 saturated carbocycles. The molecule has 5 rings (SSSR count). The SMILES string of the molecule is Cc1ccc2oc3c(c(=O)c2c1)C(c1cccc(Br)c1)N(Cc1ccccc1)C3=O. The number of benzene rings is 3. The lowest BCUT2D eigenvalue weighted by atomic mass is 9.98. The quantitative estimate of drug-likeness (QED) is 0.400. The maximum absolute atomic E-state index is 13.5. The van der Waals surface area contributed by atoms with E-state index in [-0.39, 0.29) is 17.1 Å². The molecule has 0 aliphatic carbocycles. The standard InChI is InChI=1S/C25H18BrNO3/c1-15-10-11-20-19(12-15)23(28)21-22(17-8-5-9-18(26)13-17)27(25(29)24(21)30-20)14-16-6-3-2-4-7-16/h2-13,22H,14H2,1H3. The summed E-state index contributed by atoms with van der Waals surface area (Å²) in [6, 6.07) is 22.5. The van der Waals surface area contributed by atoms with Crippen molar-refractivity contribution in [1.29, 1.82) is 0 Å². The van der Waals surface area contributed by atoms with Crippen LogP contribution in [0.4, 0.5) is 0 Å². The molecule has 1 atom stereocenters. The highest BCUT2D eigenvalue weighted by Gasteiger charge is 2.42. The Kier molecular flexibility index (Phi) is 4.55. The average Bonchev–Trinajstić information content (AvgIpc) is 3.02. The Bertz CT molecular complexity index is 1340. The fraction of sp³-hybridized carbons (Fsp3) is 0.120. The molecule has 30 heavy (non-hydrogen) atoms. The smallest absolute Gasteiger partial charge is 0.291 e. The van der Waals surface area contributed by atoms with Crippen molar-refractivity contribution in [2.75, 3.05) is 0 Å². The van der Waals surface area contributed by atoms with E-state index in [1.807, 2.05) is 73.7 Å². The fourth-order valence-electron chi connectivity index (χ4n) is 4.10. The Morgan fingerprint density at radius 2 is 1.77 bits per heavy atom. The largest absolute Gasteiger partial charge is 0.450 e. The molecule has 0 saturated heterocycles. The van der Waals surface area contributed by atoms with Crippen LogP contribution in [0.1, 0.15) is 38.9 Å². The first kappa shape index (κ1) is 18.8. The number of carbonyl (C=O) groups is 1. The van der Waals surface area contributed by atoms with Gasteiger partial charge in [-0.1, -0.05) is 70.0 Å². The lowest BCUT2D eigenvalue weighted by molar-refractivity contribution is 0.0714. The predicted molar refractivity (Wildman–Crippen MR) is 120 cm³/mol. The van der Waals surface area contributed by atoms with Crippen molar-refractivity contribution in [3.8, 4) is 0 Å². The van der Waals surface area contributed by atoms with E-state index in [2.05, 4.69) is 15.9 Å². The summed E-state index contributed by atoms with van der Waals surface area (Å²) in [5.74, 6) is -0.129. The number of nitrogens with zero attached hydrogens (tertiary/aromatic N) is 1. The van der Waals surface area contributed by atoms with Crippen molar-refractivity contribution in [2.45, 2.75) is 19.5 Å². The molecule has 0 fully saturated rings. The van der Waals surface area contributed by atoms with Gasteiger partial charge in [0.15, 0.2) is 5.43 Å². The van der Waals surface area contributed by atoms with Gasteiger partial charge in [0.05, 0.1) is 17.0 Å². The van der Waals surface area contributed by atoms with Crippen molar-refractivity contribution in [3.05, 3.63) is 116 Å². The van der Waals surface area contributed by atoms with Gasteiger partial charge in [0.2, 0.25) is 5.76 Å². The number of fused-ring (bicyclic) bond motifs is 2. The molecule has 4 nitrogen and oxygen atoms in total. The number of carbonyl (C=O) groups excluding carboxylic acids is 1. The molecule has 1 unspecified atom stereocenters. The third-order valence-electron chi connectivity index (χ3n) is 5.48. The van der Waals surface area contributed by atoms with Gasteiger partial charge in [0.1, 0.15) is 5.58 Å². The molecule has 0 bridgehead atoms. The van der Waals surface area contributed by atoms with Gasteiger partial charge >= 0.3 is 0 Å². The topological polar surface area (TPSA) is 50.5 Å². The van der Waals surface area contributed by atoms with Crippen molar-refractivity contribution in [1.82, 2.24) is 4.90 Å². The molecule has 4 aromatic rings. The molecule has 1 aliphatic rings. The van der Waals surface area contributed by atoms with Crippen LogP contribution in [0.2, 0.25) is 0 Å². The minimum absolute atomic E-state index is 0.136. The fourth-order valence-corrected chi connectivity index (χ4v) is 4.52. The van der Waals surface area contributed by atoms with Crippen LogP contribution in [0.25, 0.3) is 11.0 Å². The molecule has 0 N–H and O–H groups in total. The van der Waals surface area contributed by atoms with Crippen molar-refractivity contribution >= 4 is 32.8 Å². The van der Waals surface area contributed by atoms with Crippen LogP contribution in [-0.4, -0.2) is 10.8 Å². The molecule has 148 valence electrons. The minimum Gasteiger partial charge on any atom is -0.450 e. The van der Waals surface area contributed by atoms with Crippen LogP contribution in [0.3, 0.4) is 0 Å². The predicted octanol–water partition coefficient (Wildman–Crippen LogP) is 5.61. The highest BCUT2D eigenvalue weighted by Crippen LogP contribution is 2.39. The summed E-state index contributed by atoms with van der Waals surface area (Å²) in [6.07, 6.45) is 0. The maximum atomic E-state index is 13.5. The number of rotatable bonds is 3. The summed E-state index contributed by atoms with van der Waals surface area (Å²) in [5, 5.41) is 0.503. The molecular weight excluding hydrogens is 442 g/mol. The summed E-state index contributed by atoms with van der Waals surface area (Å²) in [5.41, 5.74) is 3.53. The molecule has 1 amide bonds. The molecule has 0 spiro atoms. The van der Waals surface area contributed by atoms with Gasteiger partial charge in [0.25, 0.3) is 5.91 Å². The van der Waals surface area contributed by atoms with Gasteiger partial charge in [-0.2, -0.15) is 0 Å². The number of hydrogen-bond donors (Lipinski definition) is 0. The van der Waals surface area contributed by atoms with E-state index < -0.39 is 6.04 Å². The second-order valence-corrected chi connectivity index (χ2v) is 8.47. The number of hydrogen-bond acceptors (Lipinski definition) is 3. The molecule has 0 radical (unpaired) electrons. The van der Waals surface area contributed by atoms with Gasteiger partial charge in [-0.3, -0.25) is 9.59 Å². The van der Waals surface area contributed by atoms with E-state index in [0.29, 0.717) is 23.1 Å². The average molecular weight is 460 g/mol. The molecule has 1 aliphatic heterocycles. The maximum Gasteiger partial charge on any atom is 0.291 e. The van der Waals surface area contributed by atoms with Crippen LogP contribution >= 0.6 is 15.9 Å². The van der Waals surface area contributed by atoms with Crippen LogP contribution in [0.15, 0.2) is 86.5 Å². The monoisotopic (exact) mass is 459 g/mol. The number of amides is 1. The summed E-state index contributed by atoms with van der Waals surface area (Å²) >= 11 is 3.51. The van der Waals surface area contributed by atoms with Gasteiger partial charge in [-0.15, -0.1) is 0 Å². The molecule has 2 heterocycles. The number of halogens is 1. The van der Waals surface area contributed by atoms with Crippen LogP contribution in [0.5, 0.6) is 0 Å². The Labute approximate surface area is 181 Å². The Morgan fingerprint density at radius 3 is 2.53 bits per heavy atom. The summed E-state index contributed by atoms with van der Waals surface area (Å²) in [4.78, 5) is 28.7. The van der Waals surface area contributed by atoms with E-state index in [1.165, 1.54) is 0 Å². The van der Waals surface area contributed by atoms with Crippen LogP contribution in [-0.2, 0) is 6.54 Å². The number of aryl methyl sites for hydroxylation is 1. The normalized spacial score (nSPS) is 15.6. The van der Waals surface area contributed by atoms with E-state index in [9.17, 15) is 9.59 Å². The van der Waals surface area contributed by atoms with Gasteiger partial charge in [0, 0.05) is 11.0 Å². The lowest BCUT2D eigenvalue weighted by Gasteiger charge is -2.25. The van der Waals surface area contributed by atoms with Crippen LogP contribution < -0.4 is 5.43 Å². The van der Waals surface area contributed by atoms with Crippen LogP contribution in [0, 0.1) is 6.92 Å². The van der Waals surface area contributed by atoms with E-state index in [4.69, 9.17) is 4.42 Å². The third-order valence-corrected chi connectivity index (χ3v) is 5.97. The molecular formula is C25H18BrNO3. The zero-order valence-electron chi connectivity index (χ0n) is 16.3. The summed E-state index contributed by atoms with van der Waals surface area (Å²) < 4.78 is 6.89. The van der Waals surface area contributed by atoms with E-state index in [1.54, 1.807) is 11.0 Å². The van der Waals surface area contributed by atoms with Gasteiger partial charge in [-0.05, 0) is 42.3 Å². The highest BCUT2D eigenvalue weighted by molar-refractivity contribution is 9.10. The first-order chi connectivity index (χ1) is 14.5. The van der Waals surface area contributed by atoms with E-state index in [0.717, 1.165) is 21.2 Å². The Hall–Kier alpha value is -3.18. The van der Waals surface area contributed by atoms with Crippen molar-refractivity contribution in [3.63, 3.8) is 0 Å². The van der Waals surface area contributed by atoms with Crippen molar-refractivity contribution < 1.29 is 9.21 Å². The first-order valence-electron chi connectivity index (χ1n) is 9.70. The second kappa shape index (κ2) is 7.26. The minimum atomic E-state index is -0.508. The van der Waals surface area contributed by atoms with E-state index >= 15 is 0 Å². The zero-order chi connectivity index (χ0) is 20.8. The van der Waals surface area contributed by atoms with Gasteiger partial charge in [-0.25, -0.2) is 0 Å². The first-order valence-corrected chi connectivity index (χ1v) is 10.5. The third kappa shape index (κ3) is 3.06. The summed E-state index contributed by atoms with van der Waals surface area (Å²) in [7, 11) is 0. The molecule has 1 aromatic heterocycles. The summed E-state index contributed by atoms with van der Waals surface area (Å²) in [6.45, 7) is 2.32. The highest BCUT2D eigenvalue weighted by atomic mass is 79.9. The molecule has 5 heteroatoms. The second-order valence-electron chi connectivity index (χ2n) is 7.55. The van der Waals surface area contributed by atoms with Crippen molar-refractivity contribution in [2.24, 2.45) is 0 Å². The Balaban J connectivity index is 1.75.